The number of hydrogen-bond acceptors (Lipinski definition) is 1. The molecule has 0 saturated carbocycles. The van der Waals surface area contributed by atoms with Crippen molar-refractivity contribution in [3.63, 3.8) is 0 Å². The summed E-state index contributed by atoms with van der Waals surface area (Å²) in [5.41, 5.74) is 0.608. The molecule has 0 fully saturated rings. The summed E-state index contributed by atoms with van der Waals surface area (Å²) < 4.78 is 37.9. The van der Waals surface area contributed by atoms with Gasteiger partial charge in [-0.1, -0.05) is 30.3 Å². The number of halogens is 3. The topological polar surface area (TPSA) is 29.1 Å². The van der Waals surface area contributed by atoms with Gasteiger partial charge in [0.2, 0.25) is 0 Å². The third kappa shape index (κ3) is 4.22. The monoisotopic (exact) mass is 305 g/mol. The molecule has 1 N–H and O–H groups in total. The van der Waals surface area contributed by atoms with Crippen molar-refractivity contribution in [2.75, 3.05) is 0 Å². The second-order valence-electron chi connectivity index (χ2n) is 4.77. The van der Waals surface area contributed by atoms with E-state index >= 15 is 0 Å². The summed E-state index contributed by atoms with van der Waals surface area (Å²) in [5.74, 6) is -0.304. The molecule has 22 heavy (non-hydrogen) atoms. The van der Waals surface area contributed by atoms with Crippen LogP contribution in [0.25, 0.3) is 6.08 Å². The normalized spacial score (nSPS) is 12.1. The first kappa shape index (κ1) is 15.8. The lowest BCUT2D eigenvalue weighted by Crippen LogP contribution is -2.21. The molecule has 0 spiro atoms. The van der Waals surface area contributed by atoms with E-state index in [-0.39, 0.29) is 5.91 Å². The first-order valence-corrected chi connectivity index (χ1v) is 6.58. The Kier molecular flexibility index (Phi) is 4.65. The standard InChI is InChI=1S/C17H14F3NO/c1-12(21-16(22)14-7-3-2-4-8-14)10-13-6-5-9-15(11-13)17(18,19)20/h2-11H,1H3,(H,21,22)/b12-10-. The fourth-order valence-electron chi connectivity index (χ4n) is 1.93. The predicted molar refractivity (Wildman–Crippen MR) is 79.0 cm³/mol. The van der Waals surface area contributed by atoms with Gasteiger partial charge >= 0.3 is 6.18 Å². The van der Waals surface area contributed by atoms with Crippen LogP contribution < -0.4 is 5.32 Å². The SMILES string of the molecule is C/C(=C/c1cccc(C(F)(F)F)c1)NC(=O)c1ccccc1. The van der Waals surface area contributed by atoms with E-state index < -0.39 is 11.7 Å². The zero-order valence-electron chi connectivity index (χ0n) is 11.8. The van der Waals surface area contributed by atoms with E-state index in [1.54, 1.807) is 43.3 Å². The van der Waals surface area contributed by atoms with Crippen LogP contribution in [0.3, 0.4) is 0 Å². The van der Waals surface area contributed by atoms with Gasteiger partial charge in [0.15, 0.2) is 0 Å². The number of alkyl halides is 3. The van der Waals surface area contributed by atoms with Crippen LogP contribution in [0.4, 0.5) is 13.2 Å². The van der Waals surface area contributed by atoms with Crippen molar-refractivity contribution in [1.82, 2.24) is 5.32 Å². The highest BCUT2D eigenvalue weighted by Gasteiger charge is 2.30. The lowest BCUT2D eigenvalue weighted by molar-refractivity contribution is -0.137. The Bertz CT molecular complexity index is 691. The Labute approximate surface area is 126 Å². The Morgan fingerprint density at radius 2 is 1.73 bits per heavy atom. The summed E-state index contributed by atoms with van der Waals surface area (Å²) in [7, 11) is 0. The van der Waals surface area contributed by atoms with Crippen molar-refractivity contribution in [2.45, 2.75) is 13.1 Å². The van der Waals surface area contributed by atoms with Crippen LogP contribution in [0, 0.1) is 0 Å². The minimum Gasteiger partial charge on any atom is -0.326 e. The molecule has 0 radical (unpaired) electrons. The highest BCUT2D eigenvalue weighted by molar-refractivity contribution is 5.95. The number of hydrogen-bond donors (Lipinski definition) is 1. The molecule has 2 aromatic rings. The lowest BCUT2D eigenvalue weighted by atomic mass is 10.1. The molecule has 0 aliphatic heterocycles. The van der Waals surface area contributed by atoms with Crippen molar-refractivity contribution in [3.8, 4) is 0 Å². The molecular weight excluding hydrogens is 291 g/mol. The zero-order chi connectivity index (χ0) is 16.2. The van der Waals surface area contributed by atoms with Crippen LogP contribution in [0.1, 0.15) is 28.4 Å². The third-order valence-electron chi connectivity index (χ3n) is 2.94. The van der Waals surface area contributed by atoms with Crippen LogP contribution in [-0.2, 0) is 6.18 Å². The third-order valence-corrected chi connectivity index (χ3v) is 2.94. The Morgan fingerprint density at radius 1 is 1.05 bits per heavy atom. The summed E-state index contributed by atoms with van der Waals surface area (Å²) in [6.07, 6.45) is -2.89. The molecule has 0 aliphatic carbocycles. The van der Waals surface area contributed by atoms with E-state index in [0.29, 0.717) is 16.8 Å². The van der Waals surface area contributed by atoms with E-state index in [1.165, 1.54) is 12.1 Å². The molecule has 2 rings (SSSR count). The molecule has 0 aromatic heterocycles. The van der Waals surface area contributed by atoms with E-state index in [4.69, 9.17) is 0 Å². The number of amides is 1. The number of nitrogens with one attached hydrogen (secondary N) is 1. The maximum absolute atomic E-state index is 12.6. The first-order valence-electron chi connectivity index (χ1n) is 6.58. The van der Waals surface area contributed by atoms with Gasteiger partial charge in [-0.15, -0.1) is 0 Å². The smallest absolute Gasteiger partial charge is 0.326 e. The maximum atomic E-state index is 12.6. The Morgan fingerprint density at radius 3 is 2.36 bits per heavy atom. The summed E-state index contributed by atoms with van der Waals surface area (Å²) in [4.78, 5) is 11.9. The van der Waals surface area contributed by atoms with E-state index in [1.807, 2.05) is 0 Å². The molecule has 5 heteroatoms. The Hall–Kier alpha value is -2.56. The van der Waals surface area contributed by atoms with Crippen LogP contribution in [0.5, 0.6) is 0 Å². The molecule has 1 amide bonds. The van der Waals surface area contributed by atoms with Gasteiger partial charge in [-0.3, -0.25) is 4.79 Å². The molecule has 2 aromatic carbocycles. The number of rotatable bonds is 3. The van der Waals surface area contributed by atoms with Gasteiger partial charge < -0.3 is 5.32 Å². The molecule has 114 valence electrons. The minimum absolute atomic E-state index is 0.304. The van der Waals surface area contributed by atoms with Crippen molar-refractivity contribution in [1.29, 1.82) is 0 Å². The average molecular weight is 305 g/mol. The van der Waals surface area contributed by atoms with Gasteiger partial charge in [-0.2, -0.15) is 13.2 Å². The fraction of sp³-hybridized carbons (Fsp3) is 0.118. The van der Waals surface area contributed by atoms with Crippen molar-refractivity contribution >= 4 is 12.0 Å². The Balaban J connectivity index is 2.14. The largest absolute Gasteiger partial charge is 0.416 e. The maximum Gasteiger partial charge on any atom is 0.416 e. The predicted octanol–water partition coefficient (Wildman–Crippen LogP) is 4.50. The lowest BCUT2D eigenvalue weighted by Gasteiger charge is -2.08. The molecular formula is C17H14F3NO. The quantitative estimate of drug-likeness (QED) is 0.889. The second-order valence-corrected chi connectivity index (χ2v) is 4.77. The highest BCUT2D eigenvalue weighted by atomic mass is 19.4. The highest BCUT2D eigenvalue weighted by Crippen LogP contribution is 2.29. The summed E-state index contributed by atoms with van der Waals surface area (Å²) >= 11 is 0. The van der Waals surface area contributed by atoms with Crippen molar-refractivity contribution < 1.29 is 18.0 Å². The number of benzene rings is 2. The summed E-state index contributed by atoms with van der Waals surface area (Å²) in [6, 6.07) is 13.5. The summed E-state index contributed by atoms with van der Waals surface area (Å²) in [5, 5.41) is 2.64. The van der Waals surface area contributed by atoms with E-state index in [2.05, 4.69) is 5.32 Å². The molecule has 0 saturated heterocycles. The van der Waals surface area contributed by atoms with Gasteiger partial charge in [-0.25, -0.2) is 0 Å². The number of carbonyl (C=O) groups excluding carboxylic acids is 1. The van der Waals surface area contributed by atoms with Crippen LogP contribution in [0.2, 0.25) is 0 Å². The molecule has 0 atom stereocenters. The van der Waals surface area contributed by atoms with Gasteiger partial charge in [-0.05, 0) is 42.8 Å². The average Bonchev–Trinajstić information content (AvgIpc) is 2.47. The molecule has 0 aliphatic rings. The van der Waals surface area contributed by atoms with Gasteiger partial charge in [0.25, 0.3) is 5.91 Å². The minimum atomic E-state index is -4.38. The van der Waals surface area contributed by atoms with Crippen molar-refractivity contribution in [3.05, 3.63) is 77.0 Å². The number of allylic oxidation sites excluding steroid dienone is 1. The van der Waals surface area contributed by atoms with Crippen molar-refractivity contribution in [2.24, 2.45) is 0 Å². The fourth-order valence-corrected chi connectivity index (χ4v) is 1.93. The van der Waals surface area contributed by atoms with Crippen LogP contribution in [0.15, 0.2) is 60.3 Å². The number of carbonyl (C=O) groups is 1. The zero-order valence-corrected chi connectivity index (χ0v) is 11.8. The van der Waals surface area contributed by atoms with Gasteiger partial charge in [0.1, 0.15) is 0 Å². The first-order chi connectivity index (χ1) is 10.4. The van der Waals surface area contributed by atoms with E-state index in [0.717, 1.165) is 12.1 Å². The van der Waals surface area contributed by atoms with E-state index in [9.17, 15) is 18.0 Å². The molecule has 0 unspecified atom stereocenters. The molecule has 0 heterocycles. The van der Waals surface area contributed by atoms with Gasteiger partial charge in [0, 0.05) is 11.3 Å². The second kappa shape index (κ2) is 6.47. The molecule has 0 bridgehead atoms. The van der Waals surface area contributed by atoms with Crippen LogP contribution in [-0.4, -0.2) is 5.91 Å². The molecule has 2 nitrogen and oxygen atoms in total. The van der Waals surface area contributed by atoms with Gasteiger partial charge in [0.05, 0.1) is 5.56 Å². The van der Waals surface area contributed by atoms with Crippen LogP contribution >= 0.6 is 0 Å². The summed E-state index contributed by atoms with van der Waals surface area (Å²) in [6.45, 7) is 1.63.